The van der Waals surface area contributed by atoms with E-state index in [4.69, 9.17) is 9.72 Å². The molecule has 1 aromatic heterocycles. The number of benzene rings is 2. The summed E-state index contributed by atoms with van der Waals surface area (Å²) in [5.41, 5.74) is 6.49. The largest absolute Gasteiger partial charge is 0.489 e. The molecular formula is C30H33FN2O. The summed E-state index contributed by atoms with van der Waals surface area (Å²) in [5.74, 6) is 4.13. The highest BCUT2D eigenvalue weighted by Gasteiger charge is 2.41. The molecule has 176 valence electrons. The molecule has 2 fully saturated rings. The van der Waals surface area contributed by atoms with Gasteiger partial charge < -0.3 is 9.64 Å². The Kier molecular flexibility index (Phi) is 5.55. The first kappa shape index (κ1) is 21.6. The molecule has 3 aromatic rings. The van der Waals surface area contributed by atoms with Crippen molar-refractivity contribution in [2.24, 2.45) is 11.8 Å². The van der Waals surface area contributed by atoms with Crippen LogP contribution in [-0.2, 0) is 13.0 Å². The van der Waals surface area contributed by atoms with Gasteiger partial charge in [-0.1, -0.05) is 19.1 Å². The van der Waals surface area contributed by atoms with Crippen LogP contribution in [0.2, 0.25) is 0 Å². The summed E-state index contributed by atoms with van der Waals surface area (Å²) in [6.07, 6.45) is 6.21. The zero-order valence-electron chi connectivity index (χ0n) is 20.2. The van der Waals surface area contributed by atoms with Crippen molar-refractivity contribution < 1.29 is 9.13 Å². The number of rotatable bonds is 5. The fraction of sp³-hybridized carbons (Fsp3) is 0.433. The Morgan fingerprint density at radius 1 is 1.03 bits per heavy atom. The standard InChI is InChI=1S/C30H33FN2O/c1-19-11-13-33(14-12-19)30-10-8-26(20(2)32-30)21-5-9-29(31)24(15-21)18-34-25-6-7-27-22(16-25)3-4-23-17-28(23)27/h5-10,15-16,19,23,28H,3-4,11-14,17-18H2,1-2H3/t23-,28+/m0/s1. The third kappa shape index (κ3) is 4.19. The van der Waals surface area contributed by atoms with Gasteiger partial charge in [-0.2, -0.15) is 0 Å². The molecule has 3 aliphatic rings. The van der Waals surface area contributed by atoms with Gasteiger partial charge in [0, 0.05) is 29.9 Å². The minimum atomic E-state index is -0.229. The second kappa shape index (κ2) is 8.72. The van der Waals surface area contributed by atoms with E-state index in [9.17, 15) is 4.39 Å². The normalized spacial score (nSPS) is 21.7. The van der Waals surface area contributed by atoms with Gasteiger partial charge in [0.2, 0.25) is 0 Å². The Morgan fingerprint density at radius 3 is 2.71 bits per heavy atom. The Morgan fingerprint density at radius 2 is 1.88 bits per heavy atom. The maximum atomic E-state index is 14.7. The number of aryl methyl sites for hydroxylation is 2. The molecule has 2 aliphatic carbocycles. The van der Waals surface area contributed by atoms with Gasteiger partial charge in [-0.05, 0) is 110 Å². The summed E-state index contributed by atoms with van der Waals surface area (Å²) < 4.78 is 20.7. The number of hydrogen-bond acceptors (Lipinski definition) is 3. The van der Waals surface area contributed by atoms with Crippen LogP contribution in [0.1, 0.15) is 60.9 Å². The molecule has 2 aromatic carbocycles. The number of aromatic nitrogens is 1. The van der Waals surface area contributed by atoms with Gasteiger partial charge in [0.25, 0.3) is 0 Å². The Labute approximate surface area is 202 Å². The third-order valence-corrected chi connectivity index (χ3v) is 8.15. The number of halogens is 1. The van der Waals surface area contributed by atoms with Crippen LogP contribution >= 0.6 is 0 Å². The van der Waals surface area contributed by atoms with Gasteiger partial charge in [-0.3, -0.25) is 0 Å². The predicted molar refractivity (Wildman–Crippen MR) is 135 cm³/mol. The lowest BCUT2D eigenvalue weighted by Gasteiger charge is -2.31. The molecule has 4 heteroatoms. The Hall–Kier alpha value is -2.88. The molecule has 2 atom stereocenters. The van der Waals surface area contributed by atoms with E-state index in [0.29, 0.717) is 5.56 Å². The minimum Gasteiger partial charge on any atom is -0.489 e. The molecule has 0 spiro atoms. The zero-order valence-corrected chi connectivity index (χ0v) is 20.2. The van der Waals surface area contributed by atoms with Crippen LogP contribution in [0.25, 0.3) is 11.1 Å². The summed E-state index contributed by atoms with van der Waals surface area (Å²) in [5, 5.41) is 0. The Balaban J connectivity index is 1.18. The molecule has 1 saturated heterocycles. The number of piperidine rings is 1. The average Bonchev–Trinajstić information content (AvgIpc) is 3.64. The molecule has 34 heavy (non-hydrogen) atoms. The monoisotopic (exact) mass is 456 g/mol. The molecule has 0 N–H and O–H groups in total. The van der Waals surface area contributed by atoms with Crippen molar-refractivity contribution in [1.82, 2.24) is 4.98 Å². The maximum absolute atomic E-state index is 14.7. The van der Waals surface area contributed by atoms with Crippen molar-refractivity contribution in [3.8, 4) is 16.9 Å². The van der Waals surface area contributed by atoms with E-state index in [1.165, 1.54) is 36.8 Å². The SMILES string of the molecule is Cc1nc(N2CCC(C)CC2)ccc1-c1ccc(F)c(COc2ccc3c(c2)CC[C@H]2C[C@@H]32)c1. The highest BCUT2D eigenvalue weighted by Crippen LogP contribution is 2.54. The van der Waals surface area contributed by atoms with Gasteiger partial charge in [0.05, 0.1) is 0 Å². The molecule has 0 radical (unpaired) electrons. The summed E-state index contributed by atoms with van der Waals surface area (Å²) in [6.45, 7) is 6.72. The van der Waals surface area contributed by atoms with Gasteiger partial charge in [0.15, 0.2) is 0 Å². The smallest absolute Gasteiger partial charge is 0.129 e. The maximum Gasteiger partial charge on any atom is 0.129 e. The van der Waals surface area contributed by atoms with Crippen molar-refractivity contribution in [1.29, 1.82) is 0 Å². The first-order valence-corrected chi connectivity index (χ1v) is 12.8. The predicted octanol–water partition coefficient (Wildman–Crippen LogP) is 7.06. The molecule has 0 bridgehead atoms. The van der Waals surface area contributed by atoms with Crippen LogP contribution in [-0.4, -0.2) is 18.1 Å². The quantitative estimate of drug-likeness (QED) is 0.411. The fourth-order valence-corrected chi connectivity index (χ4v) is 5.82. The highest BCUT2D eigenvalue weighted by atomic mass is 19.1. The molecule has 1 aliphatic heterocycles. The lowest BCUT2D eigenvalue weighted by Crippen LogP contribution is -2.33. The van der Waals surface area contributed by atoms with E-state index in [1.54, 1.807) is 6.07 Å². The summed E-state index contributed by atoms with van der Waals surface area (Å²) in [6, 6.07) is 16.0. The van der Waals surface area contributed by atoms with Crippen LogP contribution in [0.5, 0.6) is 5.75 Å². The van der Waals surface area contributed by atoms with Crippen molar-refractivity contribution in [3.05, 3.63) is 76.7 Å². The number of nitrogens with zero attached hydrogens (tertiary/aromatic N) is 2. The minimum absolute atomic E-state index is 0.223. The molecule has 0 amide bonds. The third-order valence-electron chi connectivity index (χ3n) is 8.15. The van der Waals surface area contributed by atoms with Gasteiger partial charge in [0.1, 0.15) is 24.0 Å². The van der Waals surface area contributed by atoms with Crippen LogP contribution < -0.4 is 9.64 Å². The van der Waals surface area contributed by atoms with Crippen LogP contribution in [0, 0.1) is 24.6 Å². The molecule has 0 unspecified atom stereocenters. The zero-order chi connectivity index (χ0) is 23.2. The van der Waals surface area contributed by atoms with Gasteiger partial charge >= 0.3 is 0 Å². The average molecular weight is 457 g/mol. The number of pyridine rings is 1. The first-order chi connectivity index (χ1) is 16.5. The molecule has 6 rings (SSSR count). The summed E-state index contributed by atoms with van der Waals surface area (Å²) in [4.78, 5) is 7.27. The van der Waals surface area contributed by atoms with E-state index < -0.39 is 0 Å². The number of hydrogen-bond donors (Lipinski definition) is 0. The first-order valence-electron chi connectivity index (χ1n) is 12.8. The van der Waals surface area contributed by atoms with E-state index in [1.807, 2.05) is 19.1 Å². The van der Waals surface area contributed by atoms with Crippen LogP contribution in [0.3, 0.4) is 0 Å². The summed E-state index contributed by atoms with van der Waals surface area (Å²) in [7, 11) is 0. The topological polar surface area (TPSA) is 25.4 Å². The Bertz CT molecular complexity index is 1210. The van der Waals surface area contributed by atoms with Gasteiger partial charge in [-0.25, -0.2) is 9.37 Å². The lowest BCUT2D eigenvalue weighted by atomic mass is 9.92. The second-order valence-corrected chi connectivity index (χ2v) is 10.6. The molecule has 1 saturated carbocycles. The van der Waals surface area contributed by atoms with Gasteiger partial charge in [-0.15, -0.1) is 0 Å². The lowest BCUT2D eigenvalue weighted by molar-refractivity contribution is 0.299. The van der Waals surface area contributed by atoms with Crippen LogP contribution in [0.15, 0.2) is 48.5 Å². The van der Waals surface area contributed by atoms with Crippen molar-refractivity contribution in [3.63, 3.8) is 0 Å². The molecule has 2 heterocycles. The van der Waals surface area contributed by atoms with Crippen LogP contribution in [0.4, 0.5) is 10.2 Å². The molecule has 3 nitrogen and oxygen atoms in total. The number of anilines is 1. The number of fused-ring (bicyclic) bond motifs is 3. The highest BCUT2D eigenvalue weighted by molar-refractivity contribution is 5.68. The van der Waals surface area contributed by atoms with E-state index in [0.717, 1.165) is 65.7 Å². The van der Waals surface area contributed by atoms with Crippen molar-refractivity contribution >= 4 is 5.82 Å². The van der Waals surface area contributed by atoms with Crippen molar-refractivity contribution in [2.75, 3.05) is 18.0 Å². The fourth-order valence-electron chi connectivity index (χ4n) is 5.82. The van der Waals surface area contributed by atoms with Crippen molar-refractivity contribution in [2.45, 2.75) is 58.5 Å². The van der Waals surface area contributed by atoms with E-state index in [-0.39, 0.29) is 12.4 Å². The number of ether oxygens (including phenoxy) is 1. The van der Waals surface area contributed by atoms with E-state index in [2.05, 4.69) is 42.2 Å². The second-order valence-electron chi connectivity index (χ2n) is 10.6. The van der Waals surface area contributed by atoms with E-state index >= 15 is 0 Å². The molecular weight excluding hydrogens is 423 g/mol. The summed E-state index contributed by atoms with van der Waals surface area (Å²) >= 11 is 0.